The van der Waals surface area contributed by atoms with Crippen LogP contribution in [0.15, 0.2) is 22.6 Å². The molecule has 0 saturated carbocycles. The summed E-state index contributed by atoms with van der Waals surface area (Å²) in [6, 6.07) is 7.59. The lowest BCUT2D eigenvalue weighted by atomic mass is 10.2. The quantitative estimate of drug-likeness (QED) is 0.871. The number of nitrogens with zero attached hydrogens (tertiary/aromatic N) is 3. The first-order valence-electron chi connectivity index (χ1n) is 8.42. The largest absolute Gasteiger partial charge is 0.493 e. The zero-order valence-corrected chi connectivity index (χ0v) is 14.8. The molecule has 1 aromatic carbocycles. The summed E-state index contributed by atoms with van der Waals surface area (Å²) in [5.41, 5.74) is 1.07. The average molecular weight is 343 g/mol. The Bertz CT molecular complexity index is 773. The third kappa shape index (κ3) is 3.39. The zero-order chi connectivity index (χ0) is 17.8. The van der Waals surface area contributed by atoms with Crippen molar-refractivity contribution in [2.75, 3.05) is 51.8 Å². The molecule has 7 nitrogen and oxygen atoms in total. The summed E-state index contributed by atoms with van der Waals surface area (Å²) >= 11 is 0. The number of quaternary nitrogens is 1. The number of hydrogen-bond donors (Lipinski definition) is 1. The third-order valence-electron chi connectivity index (χ3n) is 4.60. The van der Waals surface area contributed by atoms with Crippen LogP contribution in [-0.4, -0.2) is 51.9 Å². The molecule has 2 heterocycles. The van der Waals surface area contributed by atoms with Gasteiger partial charge in [-0.05, 0) is 25.1 Å². The summed E-state index contributed by atoms with van der Waals surface area (Å²) in [6.07, 6.45) is 0. The van der Waals surface area contributed by atoms with Gasteiger partial charge in [-0.2, -0.15) is 10.2 Å². The molecule has 0 spiro atoms. The lowest BCUT2D eigenvalue weighted by molar-refractivity contribution is -0.898. The van der Waals surface area contributed by atoms with Gasteiger partial charge in [0.2, 0.25) is 17.5 Å². The smallest absolute Gasteiger partial charge is 0.235 e. The number of nitrogens with one attached hydrogen (secondary N) is 1. The molecule has 3 rings (SSSR count). The van der Waals surface area contributed by atoms with Crippen molar-refractivity contribution < 1.29 is 18.8 Å². The van der Waals surface area contributed by atoms with Crippen LogP contribution in [0.3, 0.4) is 0 Å². The van der Waals surface area contributed by atoms with E-state index >= 15 is 0 Å². The van der Waals surface area contributed by atoms with Gasteiger partial charge in [-0.15, -0.1) is 0 Å². The van der Waals surface area contributed by atoms with Crippen molar-refractivity contribution in [3.05, 3.63) is 23.9 Å². The van der Waals surface area contributed by atoms with Crippen molar-refractivity contribution in [1.82, 2.24) is 4.98 Å². The molecule has 25 heavy (non-hydrogen) atoms. The van der Waals surface area contributed by atoms with Crippen LogP contribution in [0.1, 0.15) is 12.6 Å². The average Bonchev–Trinajstić information content (AvgIpc) is 3.11. The van der Waals surface area contributed by atoms with E-state index in [0.717, 1.165) is 38.3 Å². The van der Waals surface area contributed by atoms with Crippen molar-refractivity contribution in [2.45, 2.75) is 6.92 Å². The molecule has 132 valence electrons. The van der Waals surface area contributed by atoms with Crippen LogP contribution >= 0.6 is 0 Å². The van der Waals surface area contributed by atoms with E-state index in [0.29, 0.717) is 29.0 Å². The summed E-state index contributed by atoms with van der Waals surface area (Å²) in [7, 11) is 3.17. The van der Waals surface area contributed by atoms with Gasteiger partial charge < -0.3 is 23.7 Å². The van der Waals surface area contributed by atoms with E-state index in [1.54, 1.807) is 31.3 Å². The predicted octanol–water partition coefficient (Wildman–Crippen LogP) is 0.955. The number of nitriles is 1. The maximum atomic E-state index is 9.44. The van der Waals surface area contributed by atoms with Gasteiger partial charge in [-0.3, -0.25) is 0 Å². The van der Waals surface area contributed by atoms with Gasteiger partial charge in [0.05, 0.1) is 46.9 Å². The number of oxazole rings is 1. The number of hydrogen-bond acceptors (Lipinski definition) is 6. The Labute approximate surface area is 147 Å². The van der Waals surface area contributed by atoms with Crippen LogP contribution in [0, 0.1) is 11.3 Å². The van der Waals surface area contributed by atoms with E-state index in [1.165, 1.54) is 0 Å². The maximum Gasteiger partial charge on any atom is 0.235 e. The highest BCUT2D eigenvalue weighted by molar-refractivity contribution is 5.63. The van der Waals surface area contributed by atoms with Crippen molar-refractivity contribution in [2.24, 2.45) is 0 Å². The Balaban J connectivity index is 1.90. The highest BCUT2D eigenvalue weighted by Gasteiger charge is 2.26. The molecule has 7 heteroatoms. The van der Waals surface area contributed by atoms with Crippen LogP contribution in [0.25, 0.3) is 11.5 Å². The third-order valence-corrected chi connectivity index (χ3v) is 4.60. The zero-order valence-electron chi connectivity index (χ0n) is 14.8. The molecule has 1 N–H and O–H groups in total. The molecule has 1 fully saturated rings. The van der Waals surface area contributed by atoms with Gasteiger partial charge >= 0.3 is 0 Å². The highest BCUT2D eigenvalue weighted by atomic mass is 16.5. The molecule has 1 aliphatic heterocycles. The van der Waals surface area contributed by atoms with E-state index in [9.17, 15) is 5.26 Å². The second kappa shape index (κ2) is 7.45. The molecule has 0 atom stereocenters. The fraction of sp³-hybridized carbons (Fsp3) is 0.444. The summed E-state index contributed by atoms with van der Waals surface area (Å²) < 4.78 is 16.5. The van der Waals surface area contributed by atoms with E-state index < -0.39 is 0 Å². The van der Waals surface area contributed by atoms with E-state index in [4.69, 9.17) is 13.9 Å². The van der Waals surface area contributed by atoms with Crippen LogP contribution in [-0.2, 0) is 0 Å². The normalized spacial score (nSPS) is 15.0. The molecule has 1 saturated heterocycles. The number of aromatic nitrogens is 1. The molecular weight excluding hydrogens is 320 g/mol. The number of likely N-dealkylation sites (N-methyl/N-ethyl adjacent to an activating group) is 1. The lowest BCUT2D eigenvalue weighted by Gasteiger charge is -2.31. The van der Waals surface area contributed by atoms with Gasteiger partial charge in [0.25, 0.3) is 0 Å². The molecule has 0 radical (unpaired) electrons. The maximum absolute atomic E-state index is 9.44. The Hall–Kier alpha value is -2.72. The predicted molar refractivity (Wildman–Crippen MR) is 93.2 cm³/mol. The van der Waals surface area contributed by atoms with Crippen LogP contribution < -0.4 is 19.3 Å². The molecule has 0 amide bonds. The van der Waals surface area contributed by atoms with Crippen molar-refractivity contribution in [3.8, 4) is 29.0 Å². The molecule has 0 bridgehead atoms. The topological polar surface area (TPSA) is 76.0 Å². The number of piperazine rings is 1. The molecule has 2 aromatic rings. The lowest BCUT2D eigenvalue weighted by Crippen LogP contribution is -3.14. The van der Waals surface area contributed by atoms with E-state index in [-0.39, 0.29) is 0 Å². The Kier molecular flexibility index (Phi) is 5.10. The van der Waals surface area contributed by atoms with Gasteiger partial charge in [-0.1, -0.05) is 0 Å². The van der Waals surface area contributed by atoms with Crippen LogP contribution in [0.2, 0.25) is 0 Å². The Morgan fingerprint density at radius 3 is 2.56 bits per heavy atom. The number of benzene rings is 1. The first-order chi connectivity index (χ1) is 12.2. The van der Waals surface area contributed by atoms with Crippen LogP contribution in [0.4, 0.5) is 5.88 Å². The van der Waals surface area contributed by atoms with Crippen LogP contribution in [0.5, 0.6) is 11.5 Å². The number of ether oxygens (including phenoxy) is 2. The second-order valence-corrected chi connectivity index (χ2v) is 5.94. The standard InChI is InChI=1S/C18H22N4O3/c1-4-21-7-9-22(10-8-21)18-14(12-19)20-17(25-18)13-5-6-15(23-2)16(11-13)24-3/h5-6,11H,4,7-10H2,1-3H3/p+1. The minimum absolute atomic E-state index is 0.324. The first kappa shape index (κ1) is 17.1. The minimum atomic E-state index is 0.324. The van der Waals surface area contributed by atoms with Gasteiger partial charge in [0.15, 0.2) is 11.5 Å². The van der Waals surface area contributed by atoms with Gasteiger partial charge in [0.1, 0.15) is 6.07 Å². The fourth-order valence-electron chi connectivity index (χ4n) is 3.07. The highest BCUT2D eigenvalue weighted by Crippen LogP contribution is 2.34. The van der Waals surface area contributed by atoms with Crippen molar-refractivity contribution >= 4 is 5.88 Å². The van der Waals surface area contributed by atoms with E-state index in [1.807, 2.05) is 6.07 Å². The SMILES string of the molecule is CC[NH+]1CCN(c2oc(-c3ccc(OC)c(OC)c3)nc2C#N)CC1. The van der Waals surface area contributed by atoms with Gasteiger partial charge in [-0.25, -0.2) is 0 Å². The molecule has 1 aliphatic rings. The number of anilines is 1. The summed E-state index contributed by atoms with van der Waals surface area (Å²) in [4.78, 5) is 8.04. The Morgan fingerprint density at radius 1 is 1.24 bits per heavy atom. The summed E-state index contributed by atoms with van der Waals surface area (Å²) in [6.45, 7) is 7.10. The Morgan fingerprint density at radius 2 is 1.96 bits per heavy atom. The summed E-state index contributed by atoms with van der Waals surface area (Å²) in [5, 5.41) is 9.44. The number of rotatable bonds is 5. The minimum Gasteiger partial charge on any atom is -0.493 e. The summed E-state index contributed by atoms with van der Waals surface area (Å²) in [5.74, 6) is 2.20. The fourth-order valence-corrected chi connectivity index (χ4v) is 3.07. The first-order valence-corrected chi connectivity index (χ1v) is 8.42. The molecule has 0 aliphatic carbocycles. The van der Waals surface area contributed by atoms with E-state index in [2.05, 4.69) is 22.9 Å². The van der Waals surface area contributed by atoms with Crippen molar-refractivity contribution in [1.29, 1.82) is 5.26 Å². The number of methoxy groups -OCH3 is 2. The molecular formula is C18H23N4O3+. The second-order valence-electron chi connectivity index (χ2n) is 5.94. The molecule has 1 aromatic heterocycles. The molecule has 0 unspecified atom stereocenters. The monoisotopic (exact) mass is 343 g/mol. The van der Waals surface area contributed by atoms with Gasteiger partial charge in [0, 0.05) is 5.56 Å². The van der Waals surface area contributed by atoms with Crippen molar-refractivity contribution in [3.63, 3.8) is 0 Å².